The van der Waals surface area contributed by atoms with Gasteiger partial charge in [0, 0.05) is 13.2 Å². The number of carbonyl (C=O) groups excluding carboxylic acids is 1. The summed E-state index contributed by atoms with van der Waals surface area (Å²) in [4.78, 5) is 23.8. The summed E-state index contributed by atoms with van der Waals surface area (Å²) in [5.74, 6) is -0.669. The summed E-state index contributed by atoms with van der Waals surface area (Å²) >= 11 is 0. The van der Waals surface area contributed by atoms with Crippen molar-refractivity contribution in [3.63, 3.8) is 0 Å². The number of hydrogen-bond acceptors (Lipinski definition) is 8. The molecule has 3 N–H and O–H groups in total. The number of aromatic nitrogens is 3. The van der Waals surface area contributed by atoms with Crippen LogP contribution in [0.1, 0.15) is 22.4 Å². The molecule has 0 radical (unpaired) electrons. The summed E-state index contributed by atoms with van der Waals surface area (Å²) in [7, 11) is -2.24. The molecule has 3 heterocycles. The fraction of sp³-hybridized carbons (Fsp3) is 0.273. The first kappa shape index (κ1) is 25.2. The van der Waals surface area contributed by atoms with E-state index >= 15 is 0 Å². The number of carbonyl (C=O) groups is 1. The molecule has 2 aromatic heterocycles. The zero-order valence-electron chi connectivity index (χ0n) is 19.4. The molecule has 14 heteroatoms. The summed E-state index contributed by atoms with van der Waals surface area (Å²) in [5, 5.41) is 8.22. The summed E-state index contributed by atoms with van der Waals surface area (Å²) in [5.41, 5.74) is 1.61. The summed E-state index contributed by atoms with van der Waals surface area (Å²) in [6, 6.07) is 8.26. The monoisotopic (exact) mass is 521 g/mol. The molecule has 4 rings (SSSR count). The van der Waals surface area contributed by atoms with E-state index in [1.165, 1.54) is 13.1 Å². The van der Waals surface area contributed by atoms with Crippen LogP contribution in [0.3, 0.4) is 0 Å². The second-order valence-corrected chi connectivity index (χ2v) is 10.2. The average Bonchev–Trinajstić information content (AvgIpc) is 3.18. The first-order chi connectivity index (χ1) is 16.8. The van der Waals surface area contributed by atoms with Crippen LogP contribution < -0.4 is 20.3 Å². The normalized spacial score (nSPS) is 13.2. The Labute approximate surface area is 205 Å². The molecule has 0 bridgehead atoms. The third-order valence-corrected chi connectivity index (χ3v) is 6.72. The standard InChI is InChI=1S/C22H22F3N7O3S/c1-12-7-8-17(32(2)36(3,34)35)28-16(12)11-26-20-14(22(23,24)25)10-27-21(31-20)29-15-6-4-5-13-9-18(33)30-19(13)15/h4-8,10H,9,11H2,1-3H3,(H,30,33)(H2,26,27,29,31). The number of para-hydroxylation sites is 1. The lowest BCUT2D eigenvalue weighted by Crippen LogP contribution is -2.26. The third kappa shape index (κ3) is 5.32. The number of fused-ring (bicyclic) bond motifs is 1. The lowest BCUT2D eigenvalue weighted by Gasteiger charge is -2.18. The van der Waals surface area contributed by atoms with Crippen molar-refractivity contribution in [2.24, 2.45) is 0 Å². The number of rotatable bonds is 7. The van der Waals surface area contributed by atoms with Gasteiger partial charge in [0.1, 0.15) is 17.2 Å². The van der Waals surface area contributed by atoms with Crippen molar-refractivity contribution in [2.75, 3.05) is 33.6 Å². The van der Waals surface area contributed by atoms with Crippen molar-refractivity contribution in [3.8, 4) is 0 Å². The summed E-state index contributed by atoms with van der Waals surface area (Å²) < 4.78 is 65.6. The predicted octanol–water partition coefficient (Wildman–Crippen LogP) is 3.44. The number of nitrogens with one attached hydrogen (secondary N) is 3. The minimum Gasteiger partial charge on any atom is -0.364 e. The highest BCUT2D eigenvalue weighted by Crippen LogP contribution is 2.36. The number of aryl methyl sites for hydroxylation is 1. The van der Waals surface area contributed by atoms with Crippen molar-refractivity contribution in [1.29, 1.82) is 0 Å². The quantitative estimate of drug-likeness (QED) is 0.431. The van der Waals surface area contributed by atoms with Crippen molar-refractivity contribution in [1.82, 2.24) is 15.0 Å². The molecule has 10 nitrogen and oxygen atoms in total. The van der Waals surface area contributed by atoms with Crippen LogP contribution in [0.4, 0.5) is 42.1 Å². The highest BCUT2D eigenvalue weighted by molar-refractivity contribution is 7.92. The Morgan fingerprint density at radius 2 is 1.92 bits per heavy atom. The van der Waals surface area contributed by atoms with Crippen molar-refractivity contribution >= 4 is 44.9 Å². The summed E-state index contributed by atoms with van der Waals surface area (Å²) in [6.07, 6.45) is -2.85. The van der Waals surface area contributed by atoms with E-state index in [0.29, 0.717) is 28.8 Å². The van der Waals surface area contributed by atoms with Gasteiger partial charge < -0.3 is 16.0 Å². The Morgan fingerprint density at radius 1 is 1.17 bits per heavy atom. The maximum absolute atomic E-state index is 13.7. The van der Waals surface area contributed by atoms with Gasteiger partial charge in [-0.1, -0.05) is 18.2 Å². The Balaban J connectivity index is 1.63. The molecular formula is C22H22F3N7O3S. The Morgan fingerprint density at radius 3 is 2.61 bits per heavy atom. The molecule has 0 saturated carbocycles. The van der Waals surface area contributed by atoms with Crippen LogP contribution in [0.15, 0.2) is 36.5 Å². The number of nitrogens with zero attached hydrogens (tertiary/aromatic N) is 4. The van der Waals surface area contributed by atoms with Gasteiger partial charge in [-0.05, 0) is 30.2 Å². The molecule has 0 saturated heterocycles. The SMILES string of the molecule is Cc1ccc(N(C)S(C)(=O)=O)nc1CNc1nc(Nc2cccc3c2NC(=O)C3)ncc1C(F)(F)F. The van der Waals surface area contributed by atoms with E-state index in [-0.39, 0.29) is 30.6 Å². The average molecular weight is 522 g/mol. The predicted molar refractivity (Wildman–Crippen MR) is 129 cm³/mol. The van der Waals surface area contributed by atoms with Crippen molar-refractivity contribution < 1.29 is 26.4 Å². The molecular weight excluding hydrogens is 499 g/mol. The van der Waals surface area contributed by atoms with Crippen LogP contribution in [0.25, 0.3) is 0 Å². The fourth-order valence-corrected chi connectivity index (χ4v) is 3.95. The van der Waals surface area contributed by atoms with Gasteiger partial charge in [0.05, 0.1) is 36.3 Å². The minimum absolute atomic E-state index is 0.115. The molecule has 3 aromatic rings. The Bertz CT molecular complexity index is 1450. The molecule has 1 amide bonds. The van der Waals surface area contributed by atoms with E-state index in [9.17, 15) is 26.4 Å². The lowest BCUT2D eigenvalue weighted by molar-refractivity contribution is -0.137. The molecule has 0 spiro atoms. The second kappa shape index (κ2) is 9.26. The minimum atomic E-state index is -4.73. The molecule has 1 aliphatic heterocycles. The Hall–Kier alpha value is -3.94. The molecule has 1 aliphatic rings. The summed E-state index contributed by atoms with van der Waals surface area (Å²) in [6.45, 7) is 1.55. The van der Waals surface area contributed by atoms with Gasteiger partial charge in [-0.15, -0.1) is 0 Å². The van der Waals surface area contributed by atoms with E-state index < -0.39 is 27.6 Å². The smallest absolute Gasteiger partial charge is 0.364 e. The van der Waals surface area contributed by atoms with Gasteiger partial charge in [0.2, 0.25) is 21.9 Å². The van der Waals surface area contributed by atoms with Gasteiger partial charge in [-0.2, -0.15) is 18.2 Å². The molecule has 1 aromatic carbocycles. The first-order valence-electron chi connectivity index (χ1n) is 10.6. The molecule has 0 fully saturated rings. The molecule has 0 aliphatic carbocycles. The second-order valence-electron chi connectivity index (χ2n) is 8.16. The molecule has 36 heavy (non-hydrogen) atoms. The van der Waals surface area contributed by atoms with Crippen LogP contribution in [0.5, 0.6) is 0 Å². The molecule has 190 valence electrons. The molecule has 0 atom stereocenters. The lowest BCUT2D eigenvalue weighted by atomic mass is 10.1. The van der Waals surface area contributed by atoms with E-state index in [0.717, 1.165) is 16.1 Å². The zero-order chi connectivity index (χ0) is 26.3. The third-order valence-electron chi connectivity index (χ3n) is 5.54. The number of benzene rings is 1. The number of amides is 1. The molecule has 0 unspecified atom stereocenters. The topological polar surface area (TPSA) is 129 Å². The van der Waals surface area contributed by atoms with E-state index in [1.807, 2.05) is 0 Å². The number of pyridine rings is 1. The maximum atomic E-state index is 13.7. The fourth-order valence-electron chi connectivity index (χ4n) is 3.51. The van der Waals surface area contributed by atoms with Gasteiger partial charge in [0.15, 0.2) is 0 Å². The first-order valence-corrected chi connectivity index (χ1v) is 12.4. The van der Waals surface area contributed by atoms with Crippen LogP contribution in [-0.2, 0) is 34.0 Å². The number of halogens is 3. The van der Waals surface area contributed by atoms with E-state index in [4.69, 9.17) is 0 Å². The van der Waals surface area contributed by atoms with Gasteiger partial charge >= 0.3 is 6.18 Å². The van der Waals surface area contributed by atoms with Gasteiger partial charge in [-0.3, -0.25) is 9.10 Å². The van der Waals surface area contributed by atoms with Crippen LogP contribution >= 0.6 is 0 Å². The number of hydrogen-bond donors (Lipinski definition) is 3. The van der Waals surface area contributed by atoms with E-state index in [2.05, 4.69) is 30.9 Å². The maximum Gasteiger partial charge on any atom is 0.421 e. The van der Waals surface area contributed by atoms with Crippen molar-refractivity contribution in [2.45, 2.75) is 26.1 Å². The van der Waals surface area contributed by atoms with Gasteiger partial charge in [-0.25, -0.2) is 18.4 Å². The number of sulfonamides is 1. The largest absolute Gasteiger partial charge is 0.421 e. The Kier molecular flexibility index (Phi) is 6.47. The number of alkyl halides is 3. The van der Waals surface area contributed by atoms with Crippen molar-refractivity contribution in [3.05, 3.63) is 58.9 Å². The van der Waals surface area contributed by atoms with Crippen LogP contribution in [0, 0.1) is 6.92 Å². The highest BCUT2D eigenvalue weighted by Gasteiger charge is 2.35. The van der Waals surface area contributed by atoms with Gasteiger partial charge in [0.25, 0.3) is 0 Å². The number of anilines is 5. The van der Waals surface area contributed by atoms with Crippen LogP contribution in [0.2, 0.25) is 0 Å². The highest BCUT2D eigenvalue weighted by atomic mass is 32.2. The van der Waals surface area contributed by atoms with Crippen LogP contribution in [-0.4, -0.2) is 42.6 Å². The van der Waals surface area contributed by atoms with E-state index in [1.54, 1.807) is 31.2 Å². The zero-order valence-corrected chi connectivity index (χ0v) is 20.3.